The van der Waals surface area contributed by atoms with E-state index in [1.165, 1.54) is 0 Å². The van der Waals surface area contributed by atoms with Gasteiger partial charge in [0.2, 0.25) is 0 Å². The molecule has 3 aromatic rings. The van der Waals surface area contributed by atoms with Crippen LogP contribution in [0.2, 0.25) is 0 Å². The number of H-pyrrole nitrogens is 1. The Morgan fingerprint density at radius 1 is 1.19 bits per heavy atom. The second kappa shape index (κ2) is 7.57. The molecule has 0 aliphatic carbocycles. The van der Waals surface area contributed by atoms with Crippen LogP contribution < -0.4 is 5.32 Å². The van der Waals surface area contributed by atoms with E-state index < -0.39 is 0 Å². The number of likely N-dealkylation sites (tertiary alicyclic amines) is 1. The summed E-state index contributed by atoms with van der Waals surface area (Å²) in [6.07, 6.45) is 11.0. The lowest BCUT2D eigenvalue weighted by atomic mass is 9.94. The summed E-state index contributed by atoms with van der Waals surface area (Å²) < 4.78 is 0. The first-order chi connectivity index (χ1) is 12.8. The second-order valence-electron chi connectivity index (χ2n) is 6.55. The highest BCUT2D eigenvalue weighted by molar-refractivity contribution is 5.50. The summed E-state index contributed by atoms with van der Waals surface area (Å²) in [6.45, 7) is 4.83. The Balaban J connectivity index is 1.49. The molecule has 0 radical (unpaired) electrons. The lowest BCUT2D eigenvalue weighted by molar-refractivity contribution is 0.194. The van der Waals surface area contributed by atoms with Crippen molar-refractivity contribution in [3.8, 4) is 0 Å². The highest BCUT2D eigenvalue weighted by atomic mass is 15.2. The normalized spacial score (nSPS) is 18.0. The molecule has 0 unspecified atom stereocenters. The number of rotatable bonds is 5. The maximum Gasteiger partial charge on any atom is 0.150 e. The van der Waals surface area contributed by atoms with Crippen molar-refractivity contribution in [3.63, 3.8) is 0 Å². The standard InChI is InChI=1S/C18H22N8/c1-13-23-15(9-16(24-13)25-17-10-19-4-5-20-17)14-3-2-8-26(11-14)12-18-21-6-7-22-18/h4-7,9-10,14H,2-3,8,11-12H2,1H3,(H,21,22)(H,20,23,24,25)/t14-/m1/s1. The van der Waals surface area contributed by atoms with Gasteiger partial charge >= 0.3 is 0 Å². The topological polar surface area (TPSA) is 95.5 Å². The van der Waals surface area contributed by atoms with Gasteiger partial charge in [0.1, 0.15) is 23.3 Å². The number of hydrogen-bond donors (Lipinski definition) is 2. The van der Waals surface area contributed by atoms with Gasteiger partial charge in [-0.25, -0.2) is 19.9 Å². The molecule has 0 aromatic carbocycles. The molecule has 1 aliphatic rings. The monoisotopic (exact) mass is 350 g/mol. The first-order valence-corrected chi connectivity index (χ1v) is 8.85. The molecular formula is C18H22N8. The van der Waals surface area contributed by atoms with Gasteiger partial charge < -0.3 is 10.3 Å². The summed E-state index contributed by atoms with van der Waals surface area (Å²) >= 11 is 0. The van der Waals surface area contributed by atoms with Crippen molar-refractivity contribution in [2.24, 2.45) is 0 Å². The third kappa shape index (κ3) is 4.02. The molecule has 1 atom stereocenters. The summed E-state index contributed by atoms with van der Waals surface area (Å²) in [5.41, 5.74) is 1.08. The smallest absolute Gasteiger partial charge is 0.150 e. The molecule has 2 N–H and O–H groups in total. The summed E-state index contributed by atoms with van der Waals surface area (Å²) in [6, 6.07) is 2.03. The van der Waals surface area contributed by atoms with Gasteiger partial charge in [0.15, 0.2) is 0 Å². The van der Waals surface area contributed by atoms with Crippen LogP contribution in [0.3, 0.4) is 0 Å². The molecule has 3 aromatic heterocycles. The molecule has 0 spiro atoms. The van der Waals surface area contributed by atoms with Crippen molar-refractivity contribution >= 4 is 11.6 Å². The molecule has 26 heavy (non-hydrogen) atoms. The average molecular weight is 350 g/mol. The highest BCUT2D eigenvalue weighted by Crippen LogP contribution is 2.28. The van der Waals surface area contributed by atoms with E-state index >= 15 is 0 Å². The van der Waals surface area contributed by atoms with Gasteiger partial charge in [-0.05, 0) is 26.3 Å². The highest BCUT2D eigenvalue weighted by Gasteiger charge is 2.23. The summed E-state index contributed by atoms with van der Waals surface area (Å²) in [4.78, 5) is 27.5. The van der Waals surface area contributed by atoms with Crippen molar-refractivity contribution in [1.82, 2.24) is 34.8 Å². The fraction of sp³-hybridized carbons (Fsp3) is 0.389. The van der Waals surface area contributed by atoms with Crippen LogP contribution in [0.1, 0.15) is 36.1 Å². The molecule has 0 saturated carbocycles. The number of nitrogens with one attached hydrogen (secondary N) is 2. The van der Waals surface area contributed by atoms with Gasteiger partial charge in [-0.3, -0.25) is 9.88 Å². The molecule has 134 valence electrons. The third-order valence-electron chi connectivity index (χ3n) is 4.53. The molecule has 0 bridgehead atoms. The average Bonchev–Trinajstić information content (AvgIpc) is 3.15. The van der Waals surface area contributed by atoms with Crippen molar-refractivity contribution in [1.29, 1.82) is 0 Å². The molecule has 4 rings (SSSR count). The summed E-state index contributed by atoms with van der Waals surface area (Å²) in [5.74, 6) is 3.60. The second-order valence-corrected chi connectivity index (χ2v) is 6.55. The molecule has 4 heterocycles. The van der Waals surface area contributed by atoms with Crippen LogP contribution in [-0.2, 0) is 6.54 Å². The minimum absolute atomic E-state index is 0.391. The van der Waals surface area contributed by atoms with Crippen LogP contribution in [-0.4, -0.2) is 47.9 Å². The lowest BCUT2D eigenvalue weighted by Crippen LogP contribution is -2.34. The zero-order valence-electron chi connectivity index (χ0n) is 14.8. The third-order valence-corrected chi connectivity index (χ3v) is 4.53. The lowest BCUT2D eigenvalue weighted by Gasteiger charge is -2.32. The molecule has 8 nitrogen and oxygen atoms in total. The number of aromatic amines is 1. The predicted molar refractivity (Wildman–Crippen MR) is 97.9 cm³/mol. The minimum atomic E-state index is 0.391. The van der Waals surface area contributed by atoms with Crippen molar-refractivity contribution in [2.75, 3.05) is 18.4 Å². The number of nitrogens with zero attached hydrogens (tertiary/aromatic N) is 6. The van der Waals surface area contributed by atoms with Crippen molar-refractivity contribution in [3.05, 3.63) is 54.4 Å². The van der Waals surface area contributed by atoms with Crippen LogP contribution in [0, 0.1) is 6.92 Å². The van der Waals surface area contributed by atoms with Gasteiger partial charge in [-0.15, -0.1) is 0 Å². The van der Waals surface area contributed by atoms with Crippen LogP contribution in [0.25, 0.3) is 0 Å². The number of aryl methyl sites for hydroxylation is 1. The minimum Gasteiger partial charge on any atom is -0.348 e. The Morgan fingerprint density at radius 3 is 2.96 bits per heavy atom. The summed E-state index contributed by atoms with van der Waals surface area (Å²) in [5, 5.41) is 3.22. The number of hydrogen-bond acceptors (Lipinski definition) is 7. The van der Waals surface area contributed by atoms with Gasteiger partial charge in [-0.1, -0.05) is 0 Å². The van der Waals surface area contributed by atoms with Crippen molar-refractivity contribution in [2.45, 2.75) is 32.2 Å². The van der Waals surface area contributed by atoms with Crippen molar-refractivity contribution < 1.29 is 0 Å². The Labute approximate surface area is 152 Å². The number of anilines is 2. The molecule has 1 fully saturated rings. The maximum atomic E-state index is 4.69. The van der Waals surface area contributed by atoms with Gasteiger partial charge in [0.05, 0.1) is 18.4 Å². The number of imidazole rings is 1. The largest absolute Gasteiger partial charge is 0.348 e. The zero-order valence-corrected chi connectivity index (χ0v) is 14.8. The zero-order chi connectivity index (χ0) is 17.8. The SMILES string of the molecule is Cc1nc(Nc2cnccn2)cc([C@@H]2CCCN(Cc3ncc[nH]3)C2)n1. The molecular weight excluding hydrogens is 328 g/mol. The van der Waals surface area contributed by atoms with Crippen LogP contribution in [0.5, 0.6) is 0 Å². The van der Waals surface area contributed by atoms with E-state index in [-0.39, 0.29) is 0 Å². The maximum absolute atomic E-state index is 4.69. The van der Waals surface area contributed by atoms with Gasteiger partial charge in [0.25, 0.3) is 0 Å². The van der Waals surface area contributed by atoms with E-state index in [0.717, 1.165) is 55.6 Å². The van der Waals surface area contributed by atoms with Crippen LogP contribution >= 0.6 is 0 Å². The predicted octanol–water partition coefficient (Wildman–Crippen LogP) is 2.42. The Kier molecular flexibility index (Phi) is 4.83. The fourth-order valence-corrected chi connectivity index (χ4v) is 3.40. The van der Waals surface area contributed by atoms with E-state index in [1.807, 2.05) is 19.2 Å². The Morgan fingerprint density at radius 2 is 2.15 bits per heavy atom. The Bertz CT molecular complexity index is 834. The van der Waals surface area contributed by atoms with Crippen LogP contribution in [0.15, 0.2) is 37.1 Å². The van der Waals surface area contributed by atoms with Gasteiger partial charge in [0, 0.05) is 43.3 Å². The van der Waals surface area contributed by atoms with E-state index in [4.69, 9.17) is 4.98 Å². The van der Waals surface area contributed by atoms with E-state index in [1.54, 1.807) is 24.8 Å². The Hall–Kier alpha value is -2.87. The number of aromatic nitrogens is 6. The fourth-order valence-electron chi connectivity index (χ4n) is 3.40. The van der Waals surface area contributed by atoms with Crippen LogP contribution in [0.4, 0.5) is 11.6 Å². The first kappa shape index (κ1) is 16.6. The quantitative estimate of drug-likeness (QED) is 0.729. The molecule has 0 amide bonds. The molecule has 1 aliphatic heterocycles. The molecule has 8 heteroatoms. The first-order valence-electron chi connectivity index (χ1n) is 8.85. The van der Waals surface area contributed by atoms with E-state index in [0.29, 0.717) is 11.7 Å². The number of piperidine rings is 1. The molecule has 1 saturated heterocycles. The summed E-state index contributed by atoms with van der Waals surface area (Å²) in [7, 11) is 0. The van der Waals surface area contributed by atoms with E-state index in [2.05, 4.69) is 35.1 Å². The van der Waals surface area contributed by atoms with Gasteiger partial charge in [-0.2, -0.15) is 0 Å². The van der Waals surface area contributed by atoms with E-state index in [9.17, 15) is 0 Å².